The first-order chi connectivity index (χ1) is 8.83. The minimum absolute atomic E-state index is 0.0583. The Hall–Kier alpha value is -2.04. The number of aromatic nitrogens is 2. The van der Waals surface area contributed by atoms with Crippen molar-refractivity contribution in [3.05, 3.63) is 47.5 Å². The molecule has 1 heterocycles. The third-order valence-corrected chi connectivity index (χ3v) is 3.00. The van der Waals surface area contributed by atoms with E-state index in [9.17, 15) is 10.2 Å². The van der Waals surface area contributed by atoms with Crippen LogP contribution in [0.4, 0.5) is 0 Å². The van der Waals surface area contributed by atoms with Crippen molar-refractivity contribution in [1.82, 2.24) is 9.97 Å². The van der Waals surface area contributed by atoms with Crippen LogP contribution < -0.4 is 0 Å². The van der Waals surface area contributed by atoms with Gasteiger partial charge in [-0.05, 0) is 12.1 Å². The summed E-state index contributed by atoms with van der Waals surface area (Å²) >= 11 is 0. The quantitative estimate of drug-likeness (QED) is 0.670. The summed E-state index contributed by atoms with van der Waals surface area (Å²) in [7, 11) is 0. The highest BCUT2D eigenvalue weighted by molar-refractivity contribution is 5.89. The summed E-state index contributed by atoms with van der Waals surface area (Å²) in [6.07, 6.45) is 0. The molecule has 3 rings (SSSR count). The highest BCUT2D eigenvalue weighted by Gasteiger charge is 2.07. The minimum Gasteiger partial charge on any atom is -0.392 e. The lowest BCUT2D eigenvalue weighted by atomic mass is 10.1. The van der Waals surface area contributed by atoms with Crippen LogP contribution in [0.3, 0.4) is 0 Å². The Bertz CT molecular complexity index is 662. The molecule has 0 bridgehead atoms. The van der Waals surface area contributed by atoms with E-state index in [0.29, 0.717) is 11.0 Å². The van der Waals surface area contributed by atoms with Crippen LogP contribution >= 0.6 is 0 Å². The van der Waals surface area contributed by atoms with E-state index in [1.807, 2.05) is 36.4 Å². The second-order valence-electron chi connectivity index (χ2n) is 4.11. The van der Waals surface area contributed by atoms with Crippen molar-refractivity contribution in [2.45, 2.75) is 13.2 Å². The van der Waals surface area contributed by atoms with Crippen molar-refractivity contribution in [3.8, 4) is 0 Å². The number of hydrogen-bond donors (Lipinski definition) is 2. The van der Waals surface area contributed by atoms with Crippen LogP contribution in [0.5, 0.6) is 0 Å². The number of fused-ring (bicyclic) bond motifs is 2. The summed E-state index contributed by atoms with van der Waals surface area (Å²) < 4.78 is 0. The van der Waals surface area contributed by atoms with Crippen molar-refractivity contribution in [1.29, 1.82) is 0 Å². The molecule has 0 fully saturated rings. The van der Waals surface area contributed by atoms with Crippen LogP contribution in [0.25, 0.3) is 22.1 Å². The SMILES string of the molecule is OCc1cccc2nc3c(CO)cccc3nc12. The Morgan fingerprint density at radius 3 is 1.56 bits per heavy atom. The smallest absolute Gasteiger partial charge is 0.0949 e. The zero-order valence-electron chi connectivity index (χ0n) is 9.67. The standard InChI is InChI=1S/C14H12N2O2/c17-7-9-3-1-5-11-13(9)16-12-6-2-4-10(8-18)14(12)15-11/h1-6,17-18H,7-8H2. The maximum atomic E-state index is 9.30. The zero-order valence-corrected chi connectivity index (χ0v) is 9.67. The fourth-order valence-corrected chi connectivity index (χ4v) is 2.09. The number of hydrogen-bond acceptors (Lipinski definition) is 4. The van der Waals surface area contributed by atoms with Gasteiger partial charge in [0.25, 0.3) is 0 Å². The molecule has 4 heteroatoms. The minimum atomic E-state index is -0.0583. The summed E-state index contributed by atoms with van der Waals surface area (Å²) in [4.78, 5) is 9.05. The van der Waals surface area contributed by atoms with Gasteiger partial charge in [0.1, 0.15) is 0 Å². The summed E-state index contributed by atoms with van der Waals surface area (Å²) in [5.74, 6) is 0. The third kappa shape index (κ3) is 1.63. The largest absolute Gasteiger partial charge is 0.392 e. The van der Waals surface area contributed by atoms with Crippen molar-refractivity contribution in [2.75, 3.05) is 0 Å². The summed E-state index contributed by atoms with van der Waals surface area (Å²) in [6.45, 7) is -0.117. The van der Waals surface area contributed by atoms with Gasteiger partial charge < -0.3 is 10.2 Å². The highest BCUT2D eigenvalue weighted by atomic mass is 16.3. The van der Waals surface area contributed by atoms with Crippen molar-refractivity contribution >= 4 is 22.1 Å². The molecule has 0 amide bonds. The molecule has 0 aliphatic carbocycles. The van der Waals surface area contributed by atoms with Gasteiger partial charge in [-0.3, -0.25) is 0 Å². The molecule has 0 saturated heterocycles. The highest BCUT2D eigenvalue weighted by Crippen LogP contribution is 2.21. The first-order valence-electron chi connectivity index (χ1n) is 5.72. The second-order valence-corrected chi connectivity index (χ2v) is 4.11. The number of nitrogens with zero attached hydrogens (tertiary/aromatic N) is 2. The molecule has 2 N–H and O–H groups in total. The lowest BCUT2D eigenvalue weighted by molar-refractivity contribution is 0.282. The first-order valence-corrected chi connectivity index (χ1v) is 5.72. The predicted molar refractivity (Wildman–Crippen MR) is 68.9 cm³/mol. The van der Waals surface area contributed by atoms with Crippen molar-refractivity contribution < 1.29 is 10.2 Å². The average molecular weight is 240 g/mol. The maximum Gasteiger partial charge on any atom is 0.0949 e. The maximum absolute atomic E-state index is 9.30. The van der Waals surface area contributed by atoms with E-state index in [-0.39, 0.29) is 13.2 Å². The van der Waals surface area contributed by atoms with Crippen LogP contribution in [0, 0.1) is 0 Å². The Morgan fingerprint density at radius 1 is 0.722 bits per heavy atom. The first kappa shape index (κ1) is 11.1. The second kappa shape index (κ2) is 4.33. The number of para-hydroxylation sites is 2. The lowest BCUT2D eigenvalue weighted by Crippen LogP contribution is -1.95. The molecule has 3 aromatic rings. The topological polar surface area (TPSA) is 66.2 Å². The monoisotopic (exact) mass is 240 g/mol. The van der Waals surface area contributed by atoms with E-state index < -0.39 is 0 Å². The summed E-state index contributed by atoms with van der Waals surface area (Å²) in [6, 6.07) is 11.1. The number of rotatable bonds is 2. The van der Waals surface area contributed by atoms with Crippen LogP contribution in [0.2, 0.25) is 0 Å². The fraction of sp³-hybridized carbons (Fsp3) is 0.143. The van der Waals surface area contributed by atoms with Gasteiger partial charge in [-0.1, -0.05) is 24.3 Å². The van der Waals surface area contributed by atoms with Gasteiger partial charge in [0.15, 0.2) is 0 Å². The van der Waals surface area contributed by atoms with Gasteiger partial charge >= 0.3 is 0 Å². The van der Waals surface area contributed by atoms with Gasteiger partial charge in [-0.15, -0.1) is 0 Å². The van der Waals surface area contributed by atoms with Gasteiger partial charge in [0.05, 0.1) is 35.3 Å². The molecule has 90 valence electrons. The van der Waals surface area contributed by atoms with E-state index in [4.69, 9.17) is 0 Å². The number of benzene rings is 2. The number of aliphatic hydroxyl groups is 2. The molecule has 0 aliphatic rings. The van der Waals surface area contributed by atoms with Crippen LogP contribution in [0.1, 0.15) is 11.1 Å². The lowest BCUT2D eigenvalue weighted by Gasteiger charge is -2.06. The predicted octanol–water partition coefficient (Wildman–Crippen LogP) is 1.77. The molecular formula is C14H12N2O2. The summed E-state index contributed by atoms with van der Waals surface area (Å²) in [5.41, 5.74) is 4.41. The van der Waals surface area contributed by atoms with E-state index >= 15 is 0 Å². The molecular weight excluding hydrogens is 228 g/mol. The molecule has 0 radical (unpaired) electrons. The van der Waals surface area contributed by atoms with Crippen molar-refractivity contribution in [3.63, 3.8) is 0 Å². The van der Waals surface area contributed by atoms with Gasteiger partial charge in [0, 0.05) is 11.1 Å². The van der Waals surface area contributed by atoms with Gasteiger partial charge in [0.2, 0.25) is 0 Å². The van der Waals surface area contributed by atoms with Crippen LogP contribution in [-0.2, 0) is 13.2 Å². The molecule has 18 heavy (non-hydrogen) atoms. The van der Waals surface area contributed by atoms with Crippen LogP contribution in [0.15, 0.2) is 36.4 Å². The Kier molecular flexibility index (Phi) is 2.66. The molecule has 0 spiro atoms. The average Bonchev–Trinajstić information content (AvgIpc) is 2.43. The van der Waals surface area contributed by atoms with Crippen molar-refractivity contribution in [2.24, 2.45) is 0 Å². The van der Waals surface area contributed by atoms with E-state index in [1.54, 1.807) is 0 Å². The molecule has 0 unspecified atom stereocenters. The van der Waals surface area contributed by atoms with E-state index in [1.165, 1.54) is 0 Å². The number of aliphatic hydroxyl groups excluding tert-OH is 2. The zero-order chi connectivity index (χ0) is 12.5. The van der Waals surface area contributed by atoms with Gasteiger partial charge in [-0.25, -0.2) is 9.97 Å². The molecule has 0 saturated carbocycles. The van der Waals surface area contributed by atoms with E-state index in [2.05, 4.69) is 9.97 Å². The molecule has 0 aliphatic heterocycles. The van der Waals surface area contributed by atoms with Gasteiger partial charge in [-0.2, -0.15) is 0 Å². The Morgan fingerprint density at radius 2 is 1.17 bits per heavy atom. The molecule has 2 aromatic carbocycles. The van der Waals surface area contributed by atoms with Crippen LogP contribution in [-0.4, -0.2) is 20.2 Å². The normalized spacial score (nSPS) is 11.2. The Labute approximate surface area is 104 Å². The Balaban J connectivity index is 2.43. The molecule has 0 atom stereocenters. The molecule has 1 aromatic heterocycles. The van der Waals surface area contributed by atoms with E-state index in [0.717, 1.165) is 22.2 Å². The fourth-order valence-electron chi connectivity index (χ4n) is 2.09. The summed E-state index contributed by atoms with van der Waals surface area (Å²) in [5, 5.41) is 18.6. The molecule has 4 nitrogen and oxygen atoms in total. The third-order valence-electron chi connectivity index (χ3n) is 3.00.